The number of fused-ring (bicyclic) bond motifs is 2. The van der Waals surface area contributed by atoms with Crippen LogP contribution in [0.15, 0.2) is 4.99 Å². The zero-order chi connectivity index (χ0) is 15.6. The predicted molar refractivity (Wildman–Crippen MR) is 91.2 cm³/mol. The highest BCUT2D eigenvalue weighted by Crippen LogP contribution is 2.39. The maximum absolute atomic E-state index is 5.95. The Morgan fingerprint density at radius 2 is 1.95 bits per heavy atom. The second kappa shape index (κ2) is 6.77. The monoisotopic (exact) mass is 307 g/mol. The first-order valence-corrected chi connectivity index (χ1v) is 9.29. The van der Waals surface area contributed by atoms with Gasteiger partial charge in [0.15, 0.2) is 5.96 Å². The van der Waals surface area contributed by atoms with Crippen molar-refractivity contribution in [2.24, 2.45) is 16.3 Å². The lowest BCUT2D eigenvalue weighted by Gasteiger charge is -2.30. The molecule has 2 heterocycles. The molecule has 1 saturated carbocycles. The summed E-state index contributed by atoms with van der Waals surface area (Å²) in [6.07, 6.45) is 10.0. The van der Waals surface area contributed by atoms with Crippen LogP contribution in [-0.4, -0.2) is 37.3 Å². The first kappa shape index (κ1) is 16.1. The largest absolute Gasteiger partial charge is 0.373 e. The maximum atomic E-state index is 5.95. The highest BCUT2D eigenvalue weighted by atomic mass is 16.5. The van der Waals surface area contributed by atoms with Crippen molar-refractivity contribution in [2.75, 3.05) is 13.1 Å². The Hall–Kier alpha value is -0.770. The summed E-state index contributed by atoms with van der Waals surface area (Å²) in [6.45, 7) is 8.73. The third kappa shape index (κ3) is 3.58. The van der Waals surface area contributed by atoms with Crippen LogP contribution in [0.25, 0.3) is 0 Å². The zero-order valence-corrected chi connectivity index (χ0v) is 14.5. The summed E-state index contributed by atoms with van der Waals surface area (Å²) in [4.78, 5) is 4.92. The third-order valence-corrected chi connectivity index (χ3v) is 5.88. The molecule has 22 heavy (non-hydrogen) atoms. The van der Waals surface area contributed by atoms with E-state index in [1.54, 1.807) is 0 Å². The van der Waals surface area contributed by atoms with E-state index in [0.717, 1.165) is 31.4 Å². The summed E-state index contributed by atoms with van der Waals surface area (Å²) >= 11 is 0. The fourth-order valence-electron chi connectivity index (χ4n) is 4.40. The molecule has 3 rings (SSSR count). The number of guanidine groups is 1. The van der Waals surface area contributed by atoms with Crippen molar-refractivity contribution in [1.82, 2.24) is 10.6 Å². The van der Waals surface area contributed by atoms with Gasteiger partial charge < -0.3 is 15.4 Å². The van der Waals surface area contributed by atoms with Crippen LogP contribution < -0.4 is 10.6 Å². The van der Waals surface area contributed by atoms with E-state index >= 15 is 0 Å². The third-order valence-electron chi connectivity index (χ3n) is 5.88. The van der Waals surface area contributed by atoms with Crippen molar-refractivity contribution in [2.45, 2.75) is 84.0 Å². The molecule has 4 heteroatoms. The van der Waals surface area contributed by atoms with Gasteiger partial charge in [-0.1, -0.05) is 26.7 Å². The molecule has 0 aromatic carbocycles. The van der Waals surface area contributed by atoms with Gasteiger partial charge in [-0.15, -0.1) is 0 Å². The quantitative estimate of drug-likeness (QED) is 0.606. The molecule has 1 aliphatic carbocycles. The molecule has 2 N–H and O–H groups in total. The van der Waals surface area contributed by atoms with E-state index in [1.165, 1.54) is 38.5 Å². The molecule has 0 amide bonds. The van der Waals surface area contributed by atoms with Gasteiger partial charge in [-0.2, -0.15) is 0 Å². The van der Waals surface area contributed by atoms with Crippen molar-refractivity contribution in [3.63, 3.8) is 0 Å². The minimum atomic E-state index is 0.310. The van der Waals surface area contributed by atoms with Crippen LogP contribution in [0.2, 0.25) is 0 Å². The Labute approximate surface area is 135 Å². The van der Waals surface area contributed by atoms with Crippen LogP contribution in [0.5, 0.6) is 0 Å². The van der Waals surface area contributed by atoms with Crippen LogP contribution in [0, 0.1) is 11.3 Å². The first-order chi connectivity index (χ1) is 10.6. The Morgan fingerprint density at radius 3 is 2.55 bits per heavy atom. The van der Waals surface area contributed by atoms with Gasteiger partial charge in [-0.3, -0.25) is 4.99 Å². The molecule has 0 aromatic heterocycles. The van der Waals surface area contributed by atoms with Crippen LogP contribution >= 0.6 is 0 Å². The molecule has 2 aliphatic heterocycles. The van der Waals surface area contributed by atoms with Crippen molar-refractivity contribution in [3.8, 4) is 0 Å². The summed E-state index contributed by atoms with van der Waals surface area (Å²) < 4.78 is 5.95. The van der Waals surface area contributed by atoms with Gasteiger partial charge in [0.1, 0.15) is 0 Å². The number of hydrogen-bond donors (Lipinski definition) is 2. The molecule has 2 bridgehead atoms. The molecular formula is C18H33N3O. The molecule has 3 fully saturated rings. The highest BCUT2D eigenvalue weighted by molar-refractivity contribution is 5.80. The van der Waals surface area contributed by atoms with Gasteiger partial charge in [0.2, 0.25) is 0 Å². The molecular weight excluding hydrogens is 274 g/mol. The lowest BCUT2D eigenvalue weighted by molar-refractivity contribution is 0.0992. The zero-order valence-electron chi connectivity index (χ0n) is 14.5. The van der Waals surface area contributed by atoms with Gasteiger partial charge in [0.25, 0.3) is 0 Å². The summed E-state index contributed by atoms with van der Waals surface area (Å²) in [5, 5.41) is 7.04. The fourth-order valence-corrected chi connectivity index (χ4v) is 4.40. The second-order valence-corrected chi connectivity index (χ2v) is 8.03. The molecule has 3 aliphatic rings. The van der Waals surface area contributed by atoms with Crippen molar-refractivity contribution in [1.29, 1.82) is 0 Å². The lowest BCUT2D eigenvalue weighted by Crippen LogP contribution is -2.47. The van der Waals surface area contributed by atoms with E-state index in [9.17, 15) is 0 Å². The van der Waals surface area contributed by atoms with Gasteiger partial charge in [0, 0.05) is 13.1 Å². The fraction of sp³-hybridized carbons (Fsp3) is 0.944. The number of hydrogen-bond acceptors (Lipinski definition) is 2. The van der Waals surface area contributed by atoms with Gasteiger partial charge >= 0.3 is 0 Å². The van der Waals surface area contributed by atoms with E-state index < -0.39 is 0 Å². The normalized spacial score (nSPS) is 32.7. The van der Waals surface area contributed by atoms with E-state index in [-0.39, 0.29) is 0 Å². The predicted octanol–water partition coefficient (Wildman–Crippen LogP) is 3.08. The molecule has 0 radical (unpaired) electrons. The Bertz CT molecular complexity index is 401. The SMILES string of the molecule is CCNC(=NCC(C)(C)C1CCCC1)NC1CC2CCC1O2. The highest BCUT2D eigenvalue weighted by Gasteiger charge is 2.41. The van der Waals surface area contributed by atoms with Gasteiger partial charge in [-0.25, -0.2) is 0 Å². The van der Waals surface area contributed by atoms with Gasteiger partial charge in [-0.05, 0) is 50.4 Å². The Morgan fingerprint density at radius 1 is 1.18 bits per heavy atom. The molecule has 3 atom stereocenters. The first-order valence-electron chi connectivity index (χ1n) is 9.29. The van der Waals surface area contributed by atoms with E-state index in [2.05, 4.69) is 31.4 Å². The molecule has 0 aromatic rings. The minimum absolute atomic E-state index is 0.310. The Balaban J connectivity index is 1.57. The Kier molecular flexibility index (Phi) is 4.96. The second-order valence-electron chi connectivity index (χ2n) is 8.03. The van der Waals surface area contributed by atoms with Gasteiger partial charge in [0.05, 0.1) is 18.2 Å². The minimum Gasteiger partial charge on any atom is -0.373 e. The average Bonchev–Trinajstić information content (AvgIpc) is 3.22. The summed E-state index contributed by atoms with van der Waals surface area (Å²) in [5.41, 5.74) is 0.310. The molecule has 126 valence electrons. The van der Waals surface area contributed by atoms with Crippen LogP contribution in [0.4, 0.5) is 0 Å². The average molecular weight is 307 g/mol. The van der Waals surface area contributed by atoms with E-state index in [1.807, 2.05) is 0 Å². The standard InChI is InChI=1S/C18H33N3O/c1-4-19-17(21-15-11-14-9-10-16(15)22-14)20-12-18(2,3)13-7-5-6-8-13/h13-16H,4-12H2,1-3H3,(H2,19,20,21). The number of rotatable bonds is 5. The van der Waals surface area contributed by atoms with Crippen molar-refractivity contribution >= 4 is 5.96 Å². The van der Waals surface area contributed by atoms with Crippen LogP contribution in [0.1, 0.15) is 65.7 Å². The van der Waals surface area contributed by atoms with Crippen LogP contribution in [0.3, 0.4) is 0 Å². The molecule has 2 saturated heterocycles. The number of aliphatic imine (C=N–C) groups is 1. The number of nitrogens with zero attached hydrogens (tertiary/aromatic N) is 1. The summed E-state index contributed by atoms with van der Waals surface area (Å²) in [6, 6.07) is 0.450. The summed E-state index contributed by atoms with van der Waals surface area (Å²) in [7, 11) is 0. The number of ether oxygens (including phenoxy) is 1. The summed E-state index contributed by atoms with van der Waals surface area (Å²) in [5.74, 6) is 1.82. The van der Waals surface area contributed by atoms with E-state index in [0.29, 0.717) is 23.7 Å². The van der Waals surface area contributed by atoms with E-state index in [4.69, 9.17) is 9.73 Å². The molecule has 4 nitrogen and oxygen atoms in total. The lowest BCUT2D eigenvalue weighted by atomic mass is 9.78. The maximum Gasteiger partial charge on any atom is 0.191 e. The van der Waals surface area contributed by atoms with Crippen molar-refractivity contribution < 1.29 is 4.74 Å². The smallest absolute Gasteiger partial charge is 0.191 e. The topological polar surface area (TPSA) is 45.7 Å². The number of nitrogens with one attached hydrogen (secondary N) is 2. The van der Waals surface area contributed by atoms with Crippen molar-refractivity contribution in [3.05, 3.63) is 0 Å². The molecule has 3 unspecified atom stereocenters. The van der Waals surface area contributed by atoms with Crippen LogP contribution in [-0.2, 0) is 4.74 Å². The molecule has 0 spiro atoms.